The molecule has 6 nitrogen and oxygen atoms in total. The minimum atomic E-state index is -0.225. The average molecular weight is 345 g/mol. The second-order valence-corrected chi connectivity index (χ2v) is 6.78. The molecule has 2 fully saturated rings. The number of carbonyl (C=O) groups excluding carboxylic acids is 2. The molecule has 6 heteroatoms. The van der Waals surface area contributed by atoms with E-state index in [1.165, 1.54) is 0 Å². The van der Waals surface area contributed by atoms with Crippen LogP contribution in [0.5, 0.6) is 0 Å². The predicted octanol–water partition coefficient (Wildman–Crippen LogP) is 1.04. The first kappa shape index (κ1) is 17.9. The molecule has 136 valence electrons. The molecule has 2 amide bonds. The number of nitrogens with one attached hydrogen (secondary N) is 1. The molecule has 0 spiro atoms. The van der Waals surface area contributed by atoms with Gasteiger partial charge in [-0.1, -0.05) is 30.3 Å². The van der Waals surface area contributed by atoms with Crippen LogP contribution in [0.25, 0.3) is 0 Å². The molecule has 0 radical (unpaired) electrons. The van der Waals surface area contributed by atoms with E-state index in [9.17, 15) is 9.59 Å². The van der Waals surface area contributed by atoms with Crippen molar-refractivity contribution in [3.05, 3.63) is 35.9 Å². The van der Waals surface area contributed by atoms with Crippen molar-refractivity contribution in [1.29, 1.82) is 0 Å². The molecule has 0 aromatic heterocycles. The maximum Gasteiger partial charge on any atom is 0.242 e. The first-order valence-corrected chi connectivity index (χ1v) is 9.07. The number of hydrogen-bond acceptors (Lipinski definition) is 4. The molecular weight excluding hydrogens is 318 g/mol. The molecule has 0 bridgehead atoms. The fourth-order valence-corrected chi connectivity index (χ4v) is 3.58. The van der Waals surface area contributed by atoms with Crippen LogP contribution in [0.2, 0.25) is 0 Å². The average Bonchev–Trinajstić information content (AvgIpc) is 2.68. The van der Waals surface area contributed by atoms with E-state index < -0.39 is 0 Å². The lowest BCUT2D eigenvalue weighted by Crippen LogP contribution is -2.50. The van der Waals surface area contributed by atoms with Crippen molar-refractivity contribution >= 4 is 11.8 Å². The number of piperazine rings is 1. The van der Waals surface area contributed by atoms with Crippen molar-refractivity contribution in [3.8, 4) is 0 Å². The Labute approximate surface area is 149 Å². The third kappa shape index (κ3) is 4.38. The Morgan fingerprint density at radius 1 is 1.24 bits per heavy atom. The van der Waals surface area contributed by atoms with Crippen molar-refractivity contribution < 1.29 is 14.3 Å². The number of ether oxygens (including phenoxy) is 1. The van der Waals surface area contributed by atoms with Gasteiger partial charge in [0.1, 0.15) is 0 Å². The smallest absolute Gasteiger partial charge is 0.242 e. The van der Waals surface area contributed by atoms with Gasteiger partial charge in [-0.15, -0.1) is 0 Å². The number of nitrogens with zero attached hydrogens (tertiary/aromatic N) is 2. The van der Waals surface area contributed by atoms with Crippen LogP contribution in [0.1, 0.15) is 24.5 Å². The summed E-state index contributed by atoms with van der Waals surface area (Å²) in [6.45, 7) is 3.86. The van der Waals surface area contributed by atoms with Crippen LogP contribution in [0.4, 0.5) is 0 Å². The summed E-state index contributed by atoms with van der Waals surface area (Å²) in [5, 5.41) is 3.23. The minimum absolute atomic E-state index is 0.00274. The van der Waals surface area contributed by atoms with E-state index in [1.807, 2.05) is 35.2 Å². The molecule has 3 rings (SSSR count). The van der Waals surface area contributed by atoms with Gasteiger partial charge in [-0.2, -0.15) is 0 Å². The van der Waals surface area contributed by atoms with Crippen LogP contribution in [0, 0.1) is 5.92 Å². The van der Waals surface area contributed by atoms with Crippen molar-refractivity contribution in [2.24, 2.45) is 5.92 Å². The Bertz CT molecular complexity index is 587. The Morgan fingerprint density at radius 3 is 2.68 bits per heavy atom. The van der Waals surface area contributed by atoms with E-state index in [0.717, 1.165) is 31.5 Å². The highest BCUT2D eigenvalue weighted by Crippen LogP contribution is 2.34. The van der Waals surface area contributed by atoms with Crippen LogP contribution in [0.3, 0.4) is 0 Å². The number of likely N-dealkylation sites (N-methyl/N-ethyl adjacent to an activating group) is 1. The quantitative estimate of drug-likeness (QED) is 0.886. The van der Waals surface area contributed by atoms with Gasteiger partial charge in [0.25, 0.3) is 0 Å². The normalized spacial score (nSPS) is 24.0. The molecular formula is C19H27N3O3. The largest absolute Gasteiger partial charge is 0.373 e. The topological polar surface area (TPSA) is 61.9 Å². The maximum absolute atomic E-state index is 13.0. The number of carbonyl (C=O) groups is 2. The lowest BCUT2D eigenvalue weighted by atomic mass is 9.88. The van der Waals surface area contributed by atoms with Crippen molar-refractivity contribution in [1.82, 2.24) is 15.1 Å². The second kappa shape index (κ2) is 8.45. The molecule has 0 saturated carbocycles. The zero-order valence-corrected chi connectivity index (χ0v) is 14.8. The summed E-state index contributed by atoms with van der Waals surface area (Å²) >= 11 is 0. The molecule has 2 aliphatic heterocycles. The Kier molecular flexibility index (Phi) is 6.04. The fourth-order valence-electron chi connectivity index (χ4n) is 3.58. The summed E-state index contributed by atoms with van der Waals surface area (Å²) in [6, 6.07) is 9.89. The molecule has 2 aliphatic rings. The van der Waals surface area contributed by atoms with E-state index >= 15 is 0 Å². The number of hydrogen-bond donors (Lipinski definition) is 1. The molecule has 1 aromatic rings. The number of benzene rings is 1. The standard InChI is InChI=1S/C19H27N3O3/c1-21(14-17(23)22-11-9-20-10-12-22)19(24)16-8-5-13-25-18(16)15-6-3-2-4-7-15/h2-4,6-7,16,18,20H,5,8-14H2,1H3. The van der Waals surface area contributed by atoms with Crippen molar-refractivity contribution in [3.63, 3.8) is 0 Å². The molecule has 2 atom stereocenters. The van der Waals surface area contributed by atoms with Crippen LogP contribution in [-0.2, 0) is 14.3 Å². The Balaban J connectivity index is 1.64. The Morgan fingerprint density at radius 2 is 1.96 bits per heavy atom. The van der Waals surface area contributed by atoms with Gasteiger partial charge >= 0.3 is 0 Å². The molecule has 1 N–H and O–H groups in total. The molecule has 0 aliphatic carbocycles. The van der Waals surface area contributed by atoms with Crippen LogP contribution < -0.4 is 5.32 Å². The second-order valence-electron chi connectivity index (χ2n) is 6.78. The van der Waals surface area contributed by atoms with Gasteiger partial charge in [-0.25, -0.2) is 0 Å². The third-order valence-corrected chi connectivity index (χ3v) is 4.99. The summed E-state index contributed by atoms with van der Waals surface area (Å²) in [7, 11) is 1.72. The zero-order valence-electron chi connectivity index (χ0n) is 14.8. The highest BCUT2D eigenvalue weighted by atomic mass is 16.5. The van der Waals surface area contributed by atoms with Gasteiger partial charge in [0.2, 0.25) is 11.8 Å². The van der Waals surface area contributed by atoms with Crippen LogP contribution >= 0.6 is 0 Å². The predicted molar refractivity (Wildman–Crippen MR) is 94.9 cm³/mol. The highest BCUT2D eigenvalue weighted by Gasteiger charge is 2.35. The highest BCUT2D eigenvalue weighted by molar-refractivity contribution is 5.86. The zero-order chi connectivity index (χ0) is 17.6. The molecule has 1 aromatic carbocycles. The summed E-state index contributed by atoms with van der Waals surface area (Å²) in [5.74, 6) is -0.209. The summed E-state index contributed by atoms with van der Waals surface area (Å²) < 4.78 is 5.92. The third-order valence-electron chi connectivity index (χ3n) is 4.99. The monoisotopic (exact) mass is 345 g/mol. The van der Waals surface area contributed by atoms with Crippen molar-refractivity contribution in [2.45, 2.75) is 18.9 Å². The number of rotatable bonds is 4. The SMILES string of the molecule is CN(CC(=O)N1CCNCC1)C(=O)C1CCCOC1c1ccccc1. The first-order valence-electron chi connectivity index (χ1n) is 9.07. The van der Waals surface area contributed by atoms with Gasteiger partial charge in [0.15, 0.2) is 0 Å². The summed E-state index contributed by atoms with van der Waals surface area (Å²) in [6.07, 6.45) is 1.45. The lowest BCUT2D eigenvalue weighted by molar-refractivity contribution is -0.148. The van der Waals surface area contributed by atoms with Crippen molar-refractivity contribution in [2.75, 3.05) is 46.4 Å². The lowest BCUT2D eigenvalue weighted by Gasteiger charge is -2.34. The fraction of sp³-hybridized carbons (Fsp3) is 0.579. The van der Waals surface area contributed by atoms with E-state index in [4.69, 9.17) is 4.74 Å². The van der Waals surface area contributed by atoms with E-state index in [1.54, 1.807) is 11.9 Å². The van der Waals surface area contributed by atoms with E-state index in [2.05, 4.69) is 5.32 Å². The molecule has 2 heterocycles. The van der Waals surface area contributed by atoms with Crippen LogP contribution in [-0.4, -0.2) is 68.0 Å². The van der Waals surface area contributed by atoms with E-state index in [0.29, 0.717) is 19.7 Å². The number of amides is 2. The Hall–Kier alpha value is -1.92. The summed E-state index contributed by atoms with van der Waals surface area (Å²) in [5.41, 5.74) is 1.03. The van der Waals surface area contributed by atoms with Gasteiger partial charge in [0.05, 0.1) is 18.6 Å². The summed E-state index contributed by atoms with van der Waals surface area (Å²) in [4.78, 5) is 28.8. The molecule has 25 heavy (non-hydrogen) atoms. The molecule has 2 saturated heterocycles. The van der Waals surface area contributed by atoms with Gasteiger partial charge in [-0.3, -0.25) is 9.59 Å². The van der Waals surface area contributed by atoms with Gasteiger partial charge in [0, 0.05) is 39.8 Å². The van der Waals surface area contributed by atoms with Gasteiger partial charge < -0.3 is 19.9 Å². The van der Waals surface area contributed by atoms with Crippen LogP contribution in [0.15, 0.2) is 30.3 Å². The van der Waals surface area contributed by atoms with Gasteiger partial charge in [-0.05, 0) is 18.4 Å². The maximum atomic E-state index is 13.0. The van der Waals surface area contributed by atoms with E-state index in [-0.39, 0.29) is 30.4 Å². The molecule has 2 unspecified atom stereocenters. The minimum Gasteiger partial charge on any atom is -0.373 e. The first-order chi connectivity index (χ1) is 12.2.